The molecule has 162 valence electrons. The summed E-state index contributed by atoms with van der Waals surface area (Å²) >= 11 is 7.88. The zero-order valence-corrected chi connectivity index (χ0v) is 20.1. The molecule has 0 fully saturated rings. The molecule has 0 saturated carbocycles. The van der Waals surface area contributed by atoms with Gasteiger partial charge in [0.15, 0.2) is 5.82 Å². The van der Waals surface area contributed by atoms with Crippen LogP contribution in [0.2, 0.25) is 5.02 Å². The molecule has 1 atom stereocenters. The summed E-state index contributed by atoms with van der Waals surface area (Å²) in [5, 5.41) is 10.4. The Morgan fingerprint density at radius 2 is 1.87 bits per heavy atom. The molecule has 3 heterocycles. The molecule has 3 aromatic rings. The van der Waals surface area contributed by atoms with E-state index in [1.807, 2.05) is 35.8 Å². The van der Waals surface area contributed by atoms with Gasteiger partial charge in [-0.2, -0.15) is 0 Å². The van der Waals surface area contributed by atoms with Gasteiger partial charge in [-0.1, -0.05) is 44.5 Å². The third kappa shape index (κ3) is 3.81. The molecule has 0 amide bonds. The van der Waals surface area contributed by atoms with Gasteiger partial charge in [-0.15, -0.1) is 21.5 Å². The fourth-order valence-electron chi connectivity index (χ4n) is 3.98. The zero-order valence-electron chi connectivity index (χ0n) is 18.5. The molecule has 0 aliphatic carbocycles. The fourth-order valence-corrected chi connectivity index (χ4v) is 5.53. The van der Waals surface area contributed by atoms with E-state index in [1.54, 1.807) is 11.3 Å². The SMILES string of the molecule is COC(=O)C[C@@H]1N=C(c2ccc(Cl)cc2)c2c(sc(C(C)(C)C)c2C)-n2c(C)nnc21. The van der Waals surface area contributed by atoms with Crippen LogP contribution in [0.3, 0.4) is 0 Å². The first-order valence-electron chi connectivity index (χ1n) is 10.1. The van der Waals surface area contributed by atoms with Crippen molar-refractivity contribution in [2.45, 2.75) is 52.5 Å². The van der Waals surface area contributed by atoms with Gasteiger partial charge in [0.2, 0.25) is 0 Å². The smallest absolute Gasteiger partial charge is 0.308 e. The highest BCUT2D eigenvalue weighted by molar-refractivity contribution is 7.15. The summed E-state index contributed by atoms with van der Waals surface area (Å²) in [5.74, 6) is 1.07. The number of carbonyl (C=O) groups is 1. The number of aliphatic imine (C=N–C) groups is 1. The molecule has 1 aliphatic heterocycles. The van der Waals surface area contributed by atoms with Crippen molar-refractivity contribution in [3.63, 3.8) is 0 Å². The molecule has 0 bridgehead atoms. The molecule has 4 rings (SSSR count). The van der Waals surface area contributed by atoms with Crippen molar-refractivity contribution in [1.82, 2.24) is 14.8 Å². The molecular weight excluding hydrogens is 432 g/mol. The molecule has 2 aromatic heterocycles. The number of fused-ring (bicyclic) bond motifs is 3. The van der Waals surface area contributed by atoms with Crippen LogP contribution in [0, 0.1) is 13.8 Å². The number of aromatic nitrogens is 3. The van der Waals surface area contributed by atoms with Gasteiger partial charge < -0.3 is 4.74 Å². The summed E-state index contributed by atoms with van der Waals surface area (Å²) in [6, 6.07) is 7.14. The van der Waals surface area contributed by atoms with Crippen molar-refractivity contribution in [2.24, 2.45) is 4.99 Å². The molecule has 1 aromatic carbocycles. The zero-order chi connectivity index (χ0) is 22.5. The number of hydrogen-bond donors (Lipinski definition) is 0. The standard InChI is InChI=1S/C23H25ClN4O2S/c1-12-18-19(14-7-9-15(24)10-8-14)25-16(11-17(29)30-6)21-27-26-13(2)28(21)22(18)31-20(12)23(3,4)5/h7-10,16H,11H2,1-6H3/t16-/m0/s1. The number of esters is 1. The van der Waals surface area contributed by atoms with Crippen molar-refractivity contribution in [3.05, 3.63) is 62.5 Å². The molecular formula is C23H25ClN4O2S. The van der Waals surface area contributed by atoms with Gasteiger partial charge in [0, 0.05) is 21.0 Å². The maximum absolute atomic E-state index is 12.2. The number of aryl methyl sites for hydroxylation is 1. The monoisotopic (exact) mass is 456 g/mol. The lowest BCUT2D eigenvalue weighted by molar-refractivity contribution is -0.141. The van der Waals surface area contributed by atoms with E-state index in [-0.39, 0.29) is 17.8 Å². The predicted molar refractivity (Wildman–Crippen MR) is 124 cm³/mol. The Morgan fingerprint density at radius 1 is 1.19 bits per heavy atom. The molecule has 6 nitrogen and oxygen atoms in total. The number of benzene rings is 1. The van der Waals surface area contributed by atoms with Crippen LogP contribution in [-0.4, -0.2) is 33.6 Å². The highest BCUT2D eigenvalue weighted by Crippen LogP contribution is 2.43. The minimum atomic E-state index is -0.503. The number of halogens is 1. The van der Waals surface area contributed by atoms with E-state index >= 15 is 0 Å². The Balaban J connectivity index is 2.05. The van der Waals surface area contributed by atoms with Gasteiger partial charge in [0.05, 0.1) is 19.2 Å². The van der Waals surface area contributed by atoms with Gasteiger partial charge in [-0.3, -0.25) is 14.4 Å². The first-order valence-corrected chi connectivity index (χ1v) is 11.3. The Morgan fingerprint density at radius 3 is 2.48 bits per heavy atom. The molecule has 0 spiro atoms. The lowest BCUT2D eigenvalue weighted by Crippen LogP contribution is -2.13. The lowest BCUT2D eigenvalue weighted by Gasteiger charge is -2.18. The largest absolute Gasteiger partial charge is 0.469 e. The van der Waals surface area contributed by atoms with Gasteiger partial charge >= 0.3 is 5.97 Å². The third-order valence-electron chi connectivity index (χ3n) is 5.39. The van der Waals surface area contributed by atoms with Gasteiger partial charge in [-0.05, 0) is 37.0 Å². The summed E-state index contributed by atoms with van der Waals surface area (Å²) in [6.07, 6.45) is 0.0891. The lowest BCUT2D eigenvalue weighted by atomic mass is 9.89. The van der Waals surface area contributed by atoms with Crippen LogP contribution in [-0.2, 0) is 14.9 Å². The Kier molecular flexibility index (Phi) is 5.52. The average Bonchev–Trinajstić information content (AvgIpc) is 3.21. The summed E-state index contributed by atoms with van der Waals surface area (Å²) in [7, 11) is 1.38. The third-order valence-corrected chi connectivity index (χ3v) is 7.34. The van der Waals surface area contributed by atoms with E-state index in [1.165, 1.54) is 17.6 Å². The molecule has 0 saturated heterocycles. The van der Waals surface area contributed by atoms with Crippen LogP contribution < -0.4 is 0 Å². The second-order valence-electron chi connectivity index (χ2n) is 8.71. The summed E-state index contributed by atoms with van der Waals surface area (Å²) in [6.45, 7) is 10.7. The Labute approximate surface area is 190 Å². The number of hydrogen-bond acceptors (Lipinski definition) is 6. The number of ether oxygens (including phenoxy) is 1. The maximum atomic E-state index is 12.2. The van der Waals surface area contributed by atoms with E-state index in [4.69, 9.17) is 21.3 Å². The molecule has 0 radical (unpaired) electrons. The number of nitrogens with zero attached hydrogens (tertiary/aromatic N) is 4. The summed E-state index contributed by atoms with van der Waals surface area (Å²) < 4.78 is 6.98. The second kappa shape index (κ2) is 7.88. The average molecular weight is 457 g/mol. The van der Waals surface area contributed by atoms with E-state index in [2.05, 4.69) is 37.9 Å². The van der Waals surface area contributed by atoms with Crippen LogP contribution in [0.1, 0.15) is 66.5 Å². The fraction of sp³-hybridized carbons (Fsp3) is 0.391. The van der Waals surface area contributed by atoms with E-state index < -0.39 is 6.04 Å². The van der Waals surface area contributed by atoms with Crippen LogP contribution in [0.25, 0.3) is 5.00 Å². The highest BCUT2D eigenvalue weighted by Gasteiger charge is 2.34. The minimum absolute atomic E-state index is 0.0282. The van der Waals surface area contributed by atoms with Crippen molar-refractivity contribution in [3.8, 4) is 5.00 Å². The van der Waals surface area contributed by atoms with E-state index in [0.717, 1.165) is 27.7 Å². The van der Waals surface area contributed by atoms with Crippen LogP contribution in [0.5, 0.6) is 0 Å². The Hall–Kier alpha value is -2.51. The topological polar surface area (TPSA) is 69.4 Å². The quantitative estimate of drug-likeness (QED) is 0.498. The number of rotatable bonds is 3. The molecule has 1 aliphatic rings. The molecule has 0 N–H and O–H groups in total. The number of methoxy groups -OCH3 is 1. The van der Waals surface area contributed by atoms with Crippen molar-refractivity contribution >= 4 is 34.6 Å². The summed E-state index contributed by atoms with van der Waals surface area (Å²) in [4.78, 5) is 18.6. The van der Waals surface area contributed by atoms with Crippen LogP contribution in [0.15, 0.2) is 29.3 Å². The van der Waals surface area contributed by atoms with Crippen molar-refractivity contribution in [2.75, 3.05) is 7.11 Å². The summed E-state index contributed by atoms with van der Waals surface area (Å²) in [5.41, 5.74) is 3.97. The van der Waals surface area contributed by atoms with E-state index in [0.29, 0.717) is 10.8 Å². The minimum Gasteiger partial charge on any atom is -0.469 e. The normalized spacial score (nSPS) is 15.7. The van der Waals surface area contributed by atoms with Gasteiger partial charge in [0.25, 0.3) is 0 Å². The van der Waals surface area contributed by atoms with E-state index in [9.17, 15) is 4.79 Å². The number of thiophene rings is 1. The van der Waals surface area contributed by atoms with Gasteiger partial charge in [0.1, 0.15) is 16.9 Å². The molecule has 31 heavy (non-hydrogen) atoms. The first-order chi connectivity index (χ1) is 14.6. The predicted octanol–water partition coefficient (Wildman–Crippen LogP) is 5.35. The van der Waals surface area contributed by atoms with Crippen molar-refractivity contribution in [1.29, 1.82) is 0 Å². The first kappa shape index (κ1) is 21.7. The van der Waals surface area contributed by atoms with Gasteiger partial charge in [-0.25, -0.2) is 0 Å². The molecule has 8 heteroatoms. The highest BCUT2D eigenvalue weighted by atomic mass is 35.5. The second-order valence-corrected chi connectivity index (χ2v) is 10.1. The molecule has 0 unspecified atom stereocenters. The van der Waals surface area contributed by atoms with Crippen LogP contribution >= 0.6 is 22.9 Å². The van der Waals surface area contributed by atoms with Crippen molar-refractivity contribution < 1.29 is 9.53 Å². The number of carbonyl (C=O) groups excluding carboxylic acids is 1. The van der Waals surface area contributed by atoms with Crippen LogP contribution in [0.4, 0.5) is 0 Å². The Bertz CT molecular complexity index is 1190. The maximum Gasteiger partial charge on any atom is 0.308 e.